The summed E-state index contributed by atoms with van der Waals surface area (Å²) in [6.45, 7) is 2.53. The summed E-state index contributed by atoms with van der Waals surface area (Å²) in [7, 11) is 0. The minimum absolute atomic E-state index is 0.491. The zero-order chi connectivity index (χ0) is 11.5. The summed E-state index contributed by atoms with van der Waals surface area (Å²) in [5.74, 6) is 0. The van der Waals surface area contributed by atoms with E-state index >= 15 is 0 Å². The van der Waals surface area contributed by atoms with Gasteiger partial charge in [0.25, 0.3) is 0 Å². The number of pyridine rings is 1. The van der Waals surface area contributed by atoms with Gasteiger partial charge in [-0.05, 0) is 47.4 Å². The number of halogens is 1. The van der Waals surface area contributed by atoms with Crippen LogP contribution >= 0.6 is 11.6 Å². The Hall–Kier alpha value is -1.38. The van der Waals surface area contributed by atoms with Gasteiger partial charge in [0.15, 0.2) is 0 Å². The highest BCUT2D eigenvalue weighted by atomic mass is 35.5. The highest BCUT2D eigenvalue weighted by molar-refractivity contribution is 6.30. The minimum Gasteiger partial charge on any atom is -0.326 e. The highest BCUT2D eigenvalue weighted by Gasteiger charge is 2.06. The Kier molecular flexibility index (Phi) is 3.22. The number of hydrogen-bond acceptors (Lipinski definition) is 2. The molecule has 1 aromatic carbocycles. The SMILES string of the molecule is Cc1cc(Cl)ccc1-c1ccncc1CN. The Morgan fingerprint density at radius 3 is 2.75 bits per heavy atom. The number of hydrogen-bond donors (Lipinski definition) is 1. The highest BCUT2D eigenvalue weighted by Crippen LogP contribution is 2.27. The van der Waals surface area contributed by atoms with Crippen LogP contribution in [-0.4, -0.2) is 4.98 Å². The molecule has 1 heterocycles. The van der Waals surface area contributed by atoms with Crippen LogP contribution in [0.5, 0.6) is 0 Å². The molecule has 0 radical (unpaired) electrons. The average molecular weight is 233 g/mol. The first-order valence-corrected chi connectivity index (χ1v) is 5.49. The topological polar surface area (TPSA) is 38.9 Å². The first kappa shape index (κ1) is 11.1. The Bertz CT molecular complexity index is 509. The molecule has 16 heavy (non-hydrogen) atoms. The van der Waals surface area contributed by atoms with E-state index in [9.17, 15) is 0 Å². The third-order valence-electron chi connectivity index (χ3n) is 2.60. The molecule has 3 heteroatoms. The summed E-state index contributed by atoms with van der Waals surface area (Å²) in [5, 5.41) is 0.754. The van der Waals surface area contributed by atoms with Crippen molar-refractivity contribution in [3.8, 4) is 11.1 Å². The lowest BCUT2D eigenvalue weighted by molar-refractivity contribution is 1.05. The molecular formula is C13H13ClN2. The van der Waals surface area contributed by atoms with E-state index in [1.807, 2.05) is 37.4 Å². The zero-order valence-electron chi connectivity index (χ0n) is 9.07. The zero-order valence-corrected chi connectivity index (χ0v) is 9.83. The third kappa shape index (κ3) is 2.08. The quantitative estimate of drug-likeness (QED) is 0.864. The minimum atomic E-state index is 0.491. The fourth-order valence-electron chi connectivity index (χ4n) is 1.78. The van der Waals surface area contributed by atoms with Crippen LogP contribution in [0.15, 0.2) is 36.7 Å². The van der Waals surface area contributed by atoms with Crippen LogP contribution in [0.2, 0.25) is 5.02 Å². The van der Waals surface area contributed by atoms with Gasteiger partial charge in [-0.25, -0.2) is 0 Å². The molecule has 0 fully saturated rings. The molecule has 0 saturated carbocycles. The van der Waals surface area contributed by atoms with Crippen LogP contribution < -0.4 is 5.73 Å². The van der Waals surface area contributed by atoms with E-state index in [0.29, 0.717) is 6.54 Å². The molecule has 0 aliphatic heterocycles. The fraction of sp³-hybridized carbons (Fsp3) is 0.154. The predicted octanol–water partition coefficient (Wildman–Crippen LogP) is 3.17. The molecule has 0 atom stereocenters. The summed E-state index contributed by atoms with van der Waals surface area (Å²) in [6.07, 6.45) is 3.59. The smallest absolute Gasteiger partial charge is 0.0409 e. The van der Waals surface area contributed by atoms with Crippen LogP contribution in [0, 0.1) is 6.92 Å². The van der Waals surface area contributed by atoms with Crippen molar-refractivity contribution in [3.63, 3.8) is 0 Å². The summed E-state index contributed by atoms with van der Waals surface area (Å²) in [4.78, 5) is 4.08. The Morgan fingerprint density at radius 2 is 2.06 bits per heavy atom. The molecule has 0 unspecified atom stereocenters. The second kappa shape index (κ2) is 4.64. The van der Waals surface area contributed by atoms with Gasteiger partial charge >= 0.3 is 0 Å². The van der Waals surface area contributed by atoms with E-state index in [1.165, 1.54) is 0 Å². The summed E-state index contributed by atoms with van der Waals surface area (Å²) in [5.41, 5.74) is 10.2. The second-order valence-corrected chi connectivity index (χ2v) is 4.13. The fourth-order valence-corrected chi connectivity index (χ4v) is 2.01. The van der Waals surface area contributed by atoms with Crippen LogP contribution in [0.3, 0.4) is 0 Å². The number of aromatic nitrogens is 1. The van der Waals surface area contributed by atoms with Crippen LogP contribution in [0.4, 0.5) is 0 Å². The average Bonchev–Trinajstić information content (AvgIpc) is 2.29. The van der Waals surface area contributed by atoms with E-state index in [2.05, 4.69) is 4.98 Å². The Morgan fingerprint density at radius 1 is 1.25 bits per heavy atom. The molecule has 0 bridgehead atoms. The second-order valence-electron chi connectivity index (χ2n) is 3.70. The first-order chi connectivity index (χ1) is 7.72. The van der Waals surface area contributed by atoms with E-state index < -0.39 is 0 Å². The van der Waals surface area contributed by atoms with Crippen LogP contribution in [0.1, 0.15) is 11.1 Å². The standard InChI is InChI=1S/C13H13ClN2/c1-9-6-11(14)2-3-12(9)13-4-5-16-8-10(13)7-15/h2-6,8H,7,15H2,1H3. The van der Waals surface area contributed by atoms with Crippen LogP contribution in [-0.2, 0) is 6.54 Å². The van der Waals surface area contributed by atoms with Crippen molar-refractivity contribution in [1.82, 2.24) is 4.98 Å². The molecule has 82 valence electrons. The lowest BCUT2D eigenvalue weighted by Gasteiger charge is -2.10. The van der Waals surface area contributed by atoms with Crippen molar-refractivity contribution < 1.29 is 0 Å². The van der Waals surface area contributed by atoms with Crippen molar-refractivity contribution in [2.45, 2.75) is 13.5 Å². The molecule has 2 aromatic rings. The predicted molar refractivity (Wildman–Crippen MR) is 67.3 cm³/mol. The number of nitrogens with two attached hydrogens (primary N) is 1. The largest absolute Gasteiger partial charge is 0.326 e. The Balaban J connectivity index is 2.58. The van der Waals surface area contributed by atoms with E-state index in [4.69, 9.17) is 17.3 Å². The van der Waals surface area contributed by atoms with Crippen molar-refractivity contribution >= 4 is 11.6 Å². The molecule has 2 N–H and O–H groups in total. The van der Waals surface area contributed by atoms with Gasteiger partial charge in [-0.2, -0.15) is 0 Å². The van der Waals surface area contributed by atoms with Crippen molar-refractivity contribution in [3.05, 3.63) is 52.8 Å². The van der Waals surface area contributed by atoms with Gasteiger partial charge in [-0.3, -0.25) is 4.98 Å². The molecule has 0 aliphatic carbocycles. The summed E-state index contributed by atoms with van der Waals surface area (Å²) in [6, 6.07) is 7.85. The van der Waals surface area contributed by atoms with Crippen molar-refractivity contribution in [1.29, 1.82) is 0 Å². The molecule has 0 saturated heterocycles. The third-order valence-corrected chi connectivity index (χ3v) is 2.84. The molecule has 0 amide bonds. The van der Waals surface area contributed by atoms with Crippen molar-refractivity contribution in [2.75, 3.05) is 0 Å². The summed E-state index contributed by atoms with van der Waals surface area (Å²) >= 11 is 5.94. The van der Waals surface area contributed by atoms with Crippen LogP contribution in [0.25, 0.3) is 11.1 Å². The molecular weight excluding hydrogens is 220 g/mol. The normalized spacial score (nSPS) is 10.4. The van der Waals surface area contributed by atoms with Gasteiger partial charge in [0.1, 0.15) is 0 Å². The molecule has 2 rings (SSSR count). The maximum atomic E-state index is 5.94. The lowest BCUT2D eigenvalue weighted by atomic mass is 9.98. The first-order valence-electron chi connectivity index (χ1n) is 5.12. The maximum absolute atomic E-state index is 5.94. The van der Waals surface area contributed by atoms with Gasteiger partial charge in [0, 0.05) is 24.0 Å². The van der Waals surface area contributed by atoms with Gasteiger partial charge < -0.3 is 5.73 Å². The number of aryl methyl sites for hydroxylation is 1. The van der Waals surface area contributed by atoms with Gasteiger partial charge in [0.05, 0.1) is 0 Å². The number of nitrogens with zero attached hydrogens (tertiary/aromatic N) is 1. The van der Waals surface area contributed by atoms with Gasteiger partial charge in [-0.1, -0.05) is 17.7 Å². The number of rotatable bonds is 2. The van der Waals surface area contributed by atoms with E-state index in [1.54, 1.807) is 6.20 Å². The van der Waals surface area contributed by atoms with E-state index in [-0.39, 0.29) is 0 Å². The maximum Gasteiger partial charge on any atom is 0.0409 e. The lowest BCUT2D eigenvalue weighted by Crippen LogP contribution is -2.00. The molecule has 2 nitrogen and oxygen atoms in total. The van der Waals surface area contributed by atoms with Crippen molar-refractivity contribution in [2.24, 2.45) is 5.73 Å². The Labute approximate surface area is 100 Å². The molecule has 0 spiro atoms. The number of benzene rings is 1. The molecule has 1 aromatic heterocycles. The summed E-state index contributed by atoms with van der Waals surface area (Å²) < 4.78 is 0. The monoisotopic (exact) mass is 232 g/mol. The van der Waals surface area contributed by atoms with Gasteiger partial charge in [-0.15, -0.1) is 0 Å². The van der Waals surface area contributed by atoms with Gasteiger partial charge in [0.2, 0.25) is 0 Å². The molecule has 0 aliphatic rings. The van der Waals surface area contributed by atoms with E-state index in [0.717, 1.165) is 27.3 Å².